The minimum atomic E-state index is -0.954. The van der Waals surface area contributed by atoms with E-state index >= 15 is 0 Å². The van der Waals surface area contributed by atoms with Crippen molar-refractivity contribution in [1.82, 2.24) is 4.98 Å². The number of carboxylic acid groups (broad SMARTS) is 1. The van der Waals surface area contributed by atoms with E-state index in [1.807, 2.05) is 0 Å². The Hall–Kier alpha value is -1.62. The molecule has 2 N–H and O–H groups in total. The third-order valence-electron chi connectivity index (χ3n) is 3.06. The van der Waals surface area contributed by atoms with E-state index in [4.69, 9.17) is 9.84 Å². The molecule has 5 nitrogen and oxygen atoms in total. The van der Waals surface area contributed by atoms with Crippen molar-refractivity contribution in [2.45, 2.75) is 31.8 Å². The summed E-state index contributed by atoms with van der Waals surface area (Å²) < 4.78 is 5.63. The fourth-order valence-electron chi connectivity index (χ4n) is 2.02. The van der Waals surface area contributed by atoms with Gasteiger partial charge in [0.2, 0.25) is 0 Å². The highest BCUT2D eigenvalue weighted by atomic mass is 16.5. The van der Waals surface area contributed by atoms with Crippen LogP contribution < -0.4 is 5.32 Å². The first-order chi connectivity index (χ1) is 8.75. The molecule has 1 unspecified atom stereocenters. The molecule has 1 atom stereocenters. The molecule has 1 aromatic rings. The first-order valence-electron chi connectivity index (χ1n) is 6.30. The molecular formula is C13H18N2O3. The summed E-state index contributed by atoms with van der Waals surface area (Å²) in [4.78, 5) is 14.7. The van der Waals surface area contributed by atoms with Crippen LogP contribution >= 0.6 is 0 Å². The fourth-order valence-corrected chi connectivity index (χ4v) is 2.02. The molecule has 0 spiro atoms. The molecular weight excluding hydrogens is 232 g/mol. The average molecular weight is 250 g/mol. The van der Waals surface area contributed by atoms with Gasteiger partial charge >= 0.3 is 5.97 Å². The van der Waals surface area contributed by atoms with Gasteiger partial charge in [-0.05, 0) is 37.8 Å². The van der Waals surface area contributed by atoms with E-state index in [0.29, 0.717) is 11.9 Å². The molecule has 0 radical (unpaired) electrons. The molecule has 1 saturated heterocycles. The van der Waals surface area contributed by atoms with Crippen LogP contribution in [0.1, 0.15) is 36.0 Å². The number of nitrogens with one attached hydrogen (secondary N) is 1. The van der Waals surface area contributed by atoms with Crippen molar-refractivity contribution in [3.8, 4) is 0 Å². The molecule has 5 heteroatoms. The molecule has 0 bridgehead atoms. The first kappa shape index (κ1) is 12.8. The Balaban J connectivity index is 1.74. The maximum absolute atomic E-state index is 10.7. The quantitative estimate of drug-likeness (QED) is 0.837. The molecule has 2 heterocycles. The van der Waals surface area contributed by atoms with Crippen LogP contribution in [-0.4, -0.2) is 35.3 Å². The Kier molecular flexibility index (Phi) is 4.52. The monoisotopic (exact) mass is 250 g/mol. The second-order valence-electron chi connectivity index (χ2n) is 4.44. The van der Waals surface area contributed by atoms with Gasteiger partial charge in [-0.15, -0.1) is 0 Å². The van der Waals surface area contributed by atoms with Crippen LogP contribution in [0.3, 0.4) is 0 Å². The Morgan fingerprint density at radius 3 is 3.00 bits per heavy atom. The maximum atomic E-state index is 10.7. The number of rotatable bonds is 5. The van der Waals surface area contributed by atoms with E-state index in [1.165, 1.54) is 19.0 Å². The van der Waals surface area contributed by atoms with Crippen molar-refractivity contribution in [2.24, 2.45) is 0 Å². The van der Waals surface area contributed by atoms with E-state index in [1.54, 1.807) is 12.1 Å². The molecule has 2 rings (SSSR count). The van der Waals surface area contributed by atoms with E-state index in [0.717, 1.165) is 26.0 Å². The Morgan fingerprint density at radius 2 is 2.39 bits per heavy atom. The number of aromatic carboxylic acids is 1. The summed E-state index contributed by atoms with van der Waals surface area (Å²) in [6.45, 7) is 1.67. The average Bonchev–Trinajstić information content (AvgIpc) is 2.40. The van der Waals surface area contributed by atoms with Gasteiger partial charge in [0.1, 0.15) is 5.82 Å². The number of hydrogen-bond donors (Lipinski definition) is 2. The summed E-state index contributed by atoms with van der Waals surface area (Å²) in [5.74, 6) is -0.250. The van der Waals surface area contributed by atoms with Crippen LogP contribution in [0, 0.1) is 0 Å². The van der Waals surface area contributed by atoms with Crippen molar-refractivity contribution in [2.75, 3.05) is 18.5 Å². The second-order valence-corrected chi connectivity index (χ2v) is 4.44. The molecule has 1 aliphatic heterocycles. The summed E-state index contributed by atoms with van der Waals surface area (Å²) in [5.41, 5.74) is 0.205. The van der Waals surface area contributed by atoms with E-state index in [2.05, 4.69) is 10.3 Å². The lowest BCUT2D eigenvalue weighted by atomic mass is 10.1. The van der Waals surface area contributed by atoms with E-state index in [9.17, 15) is 4.79 Å². The van der Waals surface area contributed by atoms with Crippen molar-refractivity contribution >= 4 is 11.8 Å². The van der Waals surface area contributed by atoms with Crippen LogP contribution in [0.5, 0.6) is 0 Å². The smallest absolute Gasteiger partial charge is 0.337 e. The van der Waals surface area contributed by atoms with Gasteiger partial charge in [0, 0.05) is 19.3 Å². The lowest BCUT2D eigenvalue weighted by Gasteiger charge is -2.22. The molecule has 1 aliphatic rings. The van der Waals surface area contributed by atoms with Crippen molar-refractivity contribution in [3.63, 3.8) is 0 Å². The van der Waals surface area contributed by atoms with Gasteiger partial charge in [0.15, 0.2) is 0 Å². The van der Waals surface area contributed by atoms with Crippen LogP contribution in [-0.2, 0) is 4.74 Å². The second kappa shape index (κ2) is 6.35. The number of anilines is 1. The highest BCUT2D eigenvalue weighted by molar-refractivity contribution is 5.87. The van der Waals surface area contributed by atoms with Gasteiger partial charge in [-0.2, -0.15) is 0 Å². The van der Waals surface area contributed by atoms with Crippen molar-refractivity contribution in [3.05, 3.63) is 23.9 Å². The molecule has 1 fully saturated rings. The van der Waals surface area contributed by atoms with Crippen LogP contribution in [0.15, 0.2) is 18.3 Å². The lowest BCUT2D eigenvalue weighted by Crippen LogP contribution is -2.22. The minimum absolute atomic E-state index is 0.205. The van der Waals surface area contributed by atoms with Gasteiger partial charge in [-0.1, -0.05) is 0 Å². The van der Waals surface area contributed by atoms with Crippen LogP contribution in [0.25, 0.3) is 0 Å². The number of pyridine rings is 1. The van der Waals surface area contributed by atoms with E-state index in [-0.39, 0.29) is 5.56 Å². The number of nitrogens with zero attached hydrogens (tertiary/aromatic N) is 1. The Labute approximate surface area is 106 Å². The maximum Gasteiger partial charge on any atom is 0.337 e. The van der Waals surface area contributed by atoms with E-state index < -0.39 is 5.97 Å². The zero-order chi connectivity index (χ0) is 12.8. The summed E-state index contributed by atoms with van der Waals surface area (Å²) in [7, 11) is 0. The minimum Gasteiger partial charge on any atom is -0.478 e. The fraction of sp³-hybridized carbons (Fsp3) is 0.538. The van der Waals surface area contributed by atoms with Gasteiger partial charge in [-0.25, -0.2) is 9.78 Å². The summed E-state index contributed by atoms with van der Waals surface area (Å²) in [5, 5.41) is 11.9. The molecule has 18 heavy (non-hydrogen) atoms. The lowest BCUT2D eigenvalue weighted by molar-refractivity contribution is 0.0134. The molecule has 0 aliphatic carbocycles. The predicted octanol–water partition coefficient (Wildman–Crippen LogP) is 2.15. The Morgan fingerprint density at radius 1 is 1.50 bits per heavy atom. The van der Waals surface area contributed by atoms with Crippen molar-refractivity contribution in [1.29, 1.82) is 0 Å². The van der Waals surface area contributed by atoms with Crippen LogP contribution in [0.4, 0.5) is 5.82 Å². The standard InChI is InChI=1S/C13H18N2O3/c16-13(17)10-4-5-12(15-9-10)14-7-6-11-3-1-2-8-18-11/h4-5,9,11H,1-3,6-8H2,(H,14,15)(H,16,17). The first-order valence-corrected chi connectivity index (χ1v) is 6.30. The number of carboxylic acids is 1. The van der Waals surface area contributed by atoms with Gasteiger partial charge < -0.3 is 15.2 Å². The number of aromatic nitrogens is 1. The largest absolute Gasteiger partial charge is 0.478 e. The molecule has 98 valence electrons. The van der Waals surface area contributed by atoms with Gasteiger partial charge in [-0.3, -0.25) is 0 Å². The molecule has 0 amide bonds. The summed E-state index contributed by atoms with van der Waals surface area (Å²) >= 11 is 0. The van der Waals surface area contributed by atoms with Crippen LogP contribution in [0.2, 0.25) is 0 Å². The normalized spacial score (nSPS) is 19.4. The highest BCUT2D eigenvalue weighted by Gasteiger charge is 2.13. The van der Waals surface area contributed by atoms with Gasteiger partial charge in [0.05, 0.1) is 11.7 Å². The predicted molar refractivity (Wildman–Crippen MR) is 67.9 cm³/mol. The molecule has 1 aromatic heterocycles. The zero-order valence-corrected chi connectivity index (χ0v) is 10.3. The van der Waals surface area contributed by atoms with Crippen molar-refractivity contribution < 1.29 is 14.6 Å². The third-order valence-corrected chi connectivity index (χ3v) is 3.06. The summed E-state index contributed by atoms with van der Waals surface area (Å²) in [6.07, 6.45) is 6.22. The molecule has 0 saturated carbocycles. The topological polar surface area (TPSA) is 71.5 Å². The Bertz CT molecular complexity index is 386. The highest BCUT2D eigenvalue weighted by Crippen LogP contribution is 2.15. The SMILES string of the molecule is O=C(O)c1ccc(NCCC2CCCCO2)nc1. The number of ether oxygens (including phenoxy) is 1. The summed E-state index contributed by atoms with van der Waals surface area (Å²) in [6, 6.07) is 3.24. The molecule has 0 aromatic carbocycles. The zero-order valence-electron chi connectivity index (χ0n) is 10.3. The number of carbonyl (C=O) groups is 1. The number of hydrogen-bond acceptors (Lipinski definition) is 4. The third kappa shape index (κ3) is 3.70. The van der Waals surface area contributed by atoms with Gasteiger partial charge in [0.25, 0.3) is 0 Å².